The lowest BCUT2D eigenvalue weighted by Gasteiger charge is -2.21. The van der Waals surface area contributed by atoms with E-state index in [1.807, 2.05) is 46.8 Å². The van der Waals surface area contributed by atoms with Crippen LogP contribution in [0.3, 0.4) is 0 Å². The Bertz CT molecular complexity index is 414. The van der Waals surface area contributed by atoms with Crippen LogP contribution in [-0.4, -0.2) is 11.9 Å². The summed E-state index contributed by atoms with van der Waals surface area (Å²) >= 11 is 0. The lowest BCUT2D eigenvalue weighted by Crippen LogP contribution is -2.30. The number of rotatable bonds is 2. The minimum atomic E-state index is 0.00852. The fourth-order valence-electron chi connectivity index (χ4n) is 1.69. The van der Waals surface area contributed by atoms with Crippen LogP contribution in [0.25, 0.3) is 0 Å². The first-order chi connectivity index (χ1) is 8.70. The number of nitrogens with one attached hydrogen (secondary N) is 1. The van der Waals surface area contributed by atoms with Crippen LogP contribution in [0.1, 0.15) is 70.0 Å². The van der Waals surface area contributed by atoms with Crippen molar-refractivity contribution in [2.45, 2.75) is 66.8 Å². The van der Waals surface area contributed by atoms with Gasteiger partial charge in [-0.25, -0.2) is 0 Å². The molecule has 0 aliphatic carbocycles. The zero-order valence-electron chi connectivity index (χ0n) is 13.7. The van der Waals surface area contributed by atoms with Gasteiger partial charge in [0.15, 0.2) is 0 Å². The van der Waals surface area contributed by atoms with E-state index in [0.717, 1.165) is 11.1 Å². The van der Waals surface area contributed by atoms with Gasteiger partial charge in [-0.1, -0.05) is 46.2 Å². The molecular weight excluding hydrogens is 234 g/mol. The van der Waals surface area contributed by atoms with Crippen LogP contribution in [0.2, 0.25) is 0 Å². The van der Waals surface area contributed by atoms with Gasteiger partial charge < -0.3 is 5.32 Å². The first-order valence-electron chi connectivity index (χ1n) is 7.13. The maximum Gasteiger partial charge on any atom is 0.251 e. The van der Waals surface area contributed by atoms with Crippen molar-refractivity contribution in [2.24, 2.45) is 0 Å². The molecule has 0 bridgehead atoms. The molecule has 108 valence electrons. The molecule has 0 unspecified atom stereocenters. The van der Waals surface area contributed by atoms with Crippen LogP contribution in [0.5, 0.6) is 0 Å². The zero-order chi connectivity index (χ0) is 15.2. The van der Waals surface area contributed by atoms with E-state index in [-0.39, 0.29) is 17.4 Å². The normalized spacial score (nSPS) is 10.8. The van der Waals surface area contributed by atoms with Crippen LogP contribution < -0.4 is 5.32 Å². The Hall–Kier alpha value is -1.31. The van der Waals surface area contributed by atoms with Crippen LogP contribution in [0.15, 0.2) is 18.2 Å². The molecule has 1 aromatic rings. The summed E-state index contributed by atoms with van der Waals surface area (Å²) in [6.07, 6.45) is 0. The molecule has 0 heterocycles. The van der Waals surface area contributed by atoms with Gasteiger partial charge in [0.25, 0.3) is 5.91 Å². The highest BCUT2D eigenvalue weighted by atomic mass is 16.1. The summed E-state index contributed by atoms with van der Waals surface area (Å²) in [5.74, 6) is 0.00852. The summed E-state index contributed by atoms with van der Waals surface area (Å²) in [5.41, 5.74) is 3.15. The number of carbonyl (C=O) groups is 1. The molecule has 0 saturated carbocycles. The Labute approximate surface area is 118 Å². The zero-order valence-corrected chi connectivity index (χ0v) is 13.7. The summed E-state index contributed by atoms with van der Waals surface area (Å²) in [5, 5.41) is 2.93. The highest BCUT2D eigenvalue weighted by Crippen LogP contribution is 2.24. The predicted octanol–water partition coefficient (Wildman–Crippen LogP) is 4.46. The van der Waals surface area contributed by atoms with Crippen LogP contribution in [-0.2, 0) is 5.41 Å². The largest absolute Gasteiger partial charge is 0.350 e. The van der Waals surface area contributed by atoms with E-state index >= 15 is 0 Å². The fourth-order valence-corrected chi connectivity index (χ4v) is 1.69. The molecule has 2 nitrogen and oxygen atoms in total. The third-order valence-electron chi connectivity index (χ3n) is 2.63. The SMILES string of the molecule is CC.Cc1cc(C(=O)NC(C)C)cc(C(C)(C)C)c1. The number of hydrogen-bond acceptors (Lipinski definition) is 1. The second-order valence-electron chi connectivity index (χ2n) is 5.97. The van der Waals surface area contributed by atoms with Crippen molar-refractivity contribution >= 4 is 5.91 Å². The first kappa shape index (κ1) is 17.7. The van der Waals surface area contributed by atoms with Gasteiger partial charge in [-0.3, -0.25) is 4.79 Å². The highest BCUT2D eigenvalue weighted by molar-refractivity contribution is 5.94. The standard InChI is InChI=1S/C15H23NO.C2H6/c1-10(2)16-14(17)12-7-11(3)8-13(9-12)15(4,5)6;1-2/h7-10H,1-6H3,(H,16,17);1-2H3. The number of benzene rings is 1. The van der Waals surface area contributed by atoms with Gasteiger partial charge in [0.05, 0.1) is 0 Å². The van der Waals surface area contributed by atoms with Crippen molar-refractivity contribution in [3.05, 3.63) is 34.9 Å². The Morgan fingerprint density at radius 3 is 2.05 bits per heavy atom. The monoisotopic (exact) mass is 263 g/mol. The minimum Gasteiger partial charge on any atom is -0.350 e. The molecule has 1 N–H and O–H groups in total. The van der Waals surface area contributed by atoms with Crippen LogP contribution >= 0.6 is 0 Å². The molecule has 0 aliphatic rings. The molecule has 0 spiro atoms. The molecule has 1 amide bonds. The predicted molar refractivity (Wildman–Crippen MR) is 83.8 cm³/mol. The number of carbonyl (C=O) groups excluding carboxylic acids is 1. The third-order valence-corrected chi connectivity index (χ3v) is 2.63. The van der Waals surface area contributed by atoms with Gasteiger partial charge in [0, 0.05) is 11.6 Å². The van der Waals surface area contributed by atoms with Gasteiger partial charge >= 0.3 is 0 Å². The van der Waals surface area contributed by atoms with E-state index in [1.54, 1.807) is 0 Å². The topological polar surface area (TPSA) is 29.1 Å². The molecule has 0 fully saturated rings. The van der Waals surface area contributed by atoms with Crippen molar-refractivity contribution < 1.29 is 4.79 Å². The number of aryl methyl sites for hydroxylation is 1. The van der Waals surface area contributed by atoms with Crippen molar-refractivity contribution in [3.63, 3.8) is 0 Å². The number of hydrogen-bond donors (Lipinski definition) is 1. The van der Waals surface area contributed by atoms with Crippen LogP contribution in [0, 0.1) is 6.92 Å². The molecule has 0 aliphatic heterocycles. The molecule has 0 saturated heterocycles. The molecule has 2 heteroatoms. The maximum absolute atomic E-state index is 12.0. The molecular formula is C17H29NO. The summed E-state index contributed by atoms with van der Waals surface area (Å²) in [7, 11) is 0. The second-order valence-corrected chi connectivity index (χ2v) is 5.97. The summed E-state index contributed by atoms with van der Waals surface area (Å²) in [4.78, 5) is 12.0. The van der Waals surface area contributed by atoms with Crippen molar-refractivity contribution in [2.75, 3.05) is 0 Å². The van der Waals surface area contributed by atoms with Gasteiger partial charge in [0.2, 0.25) is 0 Å². The smallest absolute Gasteiger partial charge is 0.251 e. The van der Waals surface area contributed by atoms with E-state index in [4.69, 9.17) is 0 Å². The second kappa shape index (κ2) is 7.32. The van der Waals surface area contributed by atoms with E-state index in [1.165, 1.54) is 5.56 Å². The van der Waals surface area contributed by atoms with Crippen LogP contribution in [0.4, 0.5) is 0 Å². The lowest BCUT2D eigenvalue weighted by atomic mass is 9.85. The first-order valence-corrected chi connectivity index (χ1v) is 7.13. The Morgan fingerprint density at radius 1 is 1.11 bits per heavy atom. The molecule has 0 aromatic heterocycles. The Balaban J connectivity index is 0.00000154. The van der Waals surface area contributed by atoms with Gasteiger partial charge in [0.1, 0.15) is 0 Å². The number of amides is 1. The van der Waals surface area contributed by atoms with Crippen molar-refractivity contribution in [1.29, 1.82) is 0 Å². The summed E-state index contributed by atoms with van der Waals surface area (Å²) in [6, 6.07) is 6.24. The van der Waals surface area contributed by atoms with Crippen molar-refractivity contribution in [3.8, 4) is 0 Å². The average Bonchev–Trinajstić information content (AvgIpc) is 2.28. The quantitative estimate of drug-likeness (QED) is 0.838. The molecule has 0 atom stereocenters. The summed E-state index contributed by atoms with van der Waals surface area (Å²) < 4.78 is 0. The van der Waals surface area contributed by atoms with E-state index in [9.17, 15) is 4.79 Å². The Morgan fingerprint density at radius 2 is 1.63 bits per heavy atom. The lowest BCUT2D eigenvalue weighted by molar-refractivity contribution is 0.0943. The summed E-state index contributed by atoms with van der Waals surface area (Å²) in [6.45, 7) is 16.4. The van der Waals surface area contributed by atoms with Gasteiger partial charge in [-0.2, -0.15) is 0 Å². The fraction of sp³-hybridized carbons (Fsp3) is 0.588. The highest BCUT2D eigenvalue weighted by Gasteiger charge is 2.16. The average molecular weight is 263 g/mol. The Kier molecular flexibility index (Phi) is 6.82. The van der Waals surface area contributed by atoms with E-state index < -0.39 is 0 Å². The molecule has 0 radical (unpaired) electrons. The minimum absolute atomic E-state index is 0.00852. The van der Waals surface area contributed by atoms with E-state index in [0.29, 0.717) is 0 Å². The van der Waals surface area contributed by atoms with Gasteiger partial charge in [-0.15, -0.1) is 0 Å². The van der Waals surface area contributed by atoms with Gasteiger partial charge in [-0.05, 0) is 43.9 Å². The molecule has 1 rings (SSSR count). The van der Waals surface area contributed by atoms with E-state index in [2.05, 4.69) is 32.2 Å². The molecule has 19 heavy (non-hydrogen) atoms. The third kappa shape index (κ3) is 5.91. The maximum atomic E-state index is 12.0. The van der Waals surface area contributed by atoms with Crippen molar-refractivity contribution in [1.82, 2.24) is 5.32 Å². The molecule has 1 aromatic carbocycles.